The van der Waals surface area contributed by atoms with E-state index < -0.39 is 0 Å². The number of hydrogen-bond donors (Lipinski definition) is 1. The zero-order chi connectivity index (χ0) is 13.1. The molecule has 0 aliphatic rings. The minimum atomic E-state index is 0.661. The van der Waals surface area contributed by atoms with Crippen molar-refractivity contribution in [3.05, 3.63) is 41.2 Å². The minimum Gasteiger partial charge on any atom is -0.331 e. The number of aryl methyl sites for hydroxylation is 2. The second-order valence-corrected chi connectivity index (χ2v) is 4.62. The SMILES string of the molecule is CCc1ccc(-c2nc(C)c(CCN)n2C)cc1. The van der Waals surface area contributed by atoms with Crippen molar-refractivity contribution in [2.75, 3.05) is 6.54 Å². The van der Waals surface area contributed by atoms with Crippen LogP contribution in [0.4, 0.5) is 0 Å². The molecule has 0 unspecified atom stereocenters. The smallest absolute Gasteiger partial charge is 0.140 e. The third-order valence-corrected chi connectivity index (χ3v) is 3.42. The predicted molar refractivity (Wildman–Crippen MR) is 75.5 cm³/mol. The first-order valence-electron chi connectivity index (χ1n) is 6.49. The molecular formula is C15H21N3. The minimum absolute atomic E-state index is 0.661. The van der Waals surface area contributed by atoms with Gasteiger partial charge < -0.3 is 10.3 Å². The van der Waals surface area contributed by atoms with Gasteiger partial charge in [0.1, 0.15) is 5.82 Å². The van der Waals surface area contributed by atoms with Crippen LogP contribution in [0.2, 0.25) is 0 Å². The van der Waals surface area contributed by atoms with Crippen molar-refractivity contribution in [1.82, 2.24) is 9.55 Å². The molecule has 0 bridgehead atoms. The summed E-state index contributed by atoms with van der Waals surface area (Å²) in [7, 11) is 2.06. The van der Waals surface area contributed by atoms with Gasteiger partial charge in [-0.2, -0.15) is 0 Å². The molecule has 2 rings (SSSR count). The van der Waals surface area contributed by atoms with Crippen LogP contribution in [0, 0.1) is 6.92 Å². The maximum atomic E-state index is 5.64. The van der Waals surface area contributed by atoms with Crippen molar-refractivity contribution in [2.24, 2.45) is 12.8 Å². The van der Waals surface area contributed by atoms with E-state index >= 15 is 0 Å². The van der Waals surface area contributed by atoms with Crippen molar-refractivity contribution < 1.29 is 0 Å². The largest absolute Gasteiger partial charge is 0.331 e. The van der Waals surface area contributed by atoms with Gasteiger partial charge in [-0.3, -0.25) is 0 Å². The van der Waals surface area contributed by atoms with E-state index in [-0.39, 0.29) is 0 Å². The van der Waals surface area contributed by atoms with E-state index in [9.17, 15) is 0 Å². The molecule has 1 aromatic heterocycles. The summed E-state index contributed by atoms with van der Waals surface area (Å²) in [5, 5.41) is 0. The number of nitrogens with zero attached hydrogens (tertiary/aromatic N) is 2. The lowest BCUT2D eigenvalue weighted by Gasteiger charge is -2.06. The highest BCUT2D eigenvalue weighted by molar-refractivity contribution is 5.57. The van der Waals surface area contributed by atoms with Crippen molar-refractivity contribution >= 4 is 0 Å². The second kappa shape index (κ2) is 5.36. The van der Waals surface area contributed by atoms with E-state index in [0.717, 1.165) is 24.4 Å². The Morgan fingerprint density at radius 3 is 2.44 bits per heavy atom. The van der Waals surface area contributed by atoms with Crippen molar-refractivity contribution in [2.45, 2.75) is 26.7 Å². The molecule has 0 amide bonds. The highest BCUT2D eigenvalue weighted by atomic mass is 15.1. The first-order valence-corrected chi connectivity index (χ1v) is 6.49. The molecule has 0 saturated heterocycles. The summed E-state index contributed by atoms with van der Waals surface area (Å²) >= 11 is 0. The molecule has 2 aromatic rings. The molecule has 3 heteroatoms. The molecule has 0 saturated carbocycles. The maximum absolute atomic E-state index is 5.64. The van der Waals surface area contributed by atoms with Gasteiger partial charge in [0.05, 0.1) is 5.69 Å². The van der Waals surface area contributed by atoms with Crippen LogP contribution >= 0.6 is 0 Å². The van der Waals surface area contributed by atoms with Crippen LogP contribution in [0.25, 0.3) is 11.4 Å². The number of benzene rings is 1. The van der Waals surface area contributed by atoms with Gasteiger partial charge >= 0.3 is 0 Å². The van der Waals surface area contributed by atoms with Crippen LogP contribution in [0.15, 0.2) is 24.3 Å². The van der Waals surface area contributed by atoms with Gasteiger partial charge in [0.25, 0.3) is 0 Å². The molecule has 0 aliphatic heterocycles. The second-order valence-electron chi connectivity index (χ2n) is 4.62. The standard InChI is InChI=1S/C15H21N3/c1-4-12-5-7-13(8-6-12)15-17-11(2)14(9-10-16)18(15)3/h5-8H,4,9-10,16H2,1-3H3. The zero-order valence-corrected chi connectivity index (χ0v) is 11.4. The Hall–Kier alpha value is -1.61. The summed E-state index contributed by atoms with van der Waals surface area (Å²) in [5.74, 6) is 1.03. The van der Waals surface area contributed by atoms with Crippen LogP contribution in [0.1, 0.15) is 23.9 Å². The highest BCUT2D eigenvalue weighted by Crippen LogP contribution is 2.22. The fourth-order valence-electron chi connectivity index (χ4n) is 2.30. The van der Waals surface area contributed by atoms with Gasteiger partial charge in [-0.15, -0.1) is 0 Å². The summed E-state index contributed by atoms with van der Waals surface area (Å²) in [6.45, 7) is 4.88. The lowest BCUT2D eigenvalue weighted by Crippen LogP contribution is -2.08. The molecular weight excluding hydrogens is 222 g/mol. The number of imidazole rings is 1. The Labute approximate surface area is 109 Å². The molecule has 18 heavy (non-hydrogen) atoms. The van der Waals surface area contributed by atoms with E-state index in [2.05, 4.69) is 54.7 Å². The van der Waals surface area contributed by atoms with Crippen LogP contribution in [-0.4, -0.2) is 16.1 Å². The Morgan fingerprint density at radius 2 is 1.89 bits per heavy atom. The highest BCUT2D eigenvalue weighted by Gasteiger charge is 2.12. The van der Waals surface area contributed by atoms with Crippen molar-refractivity contribution in [3.8, 4) is 11.4 Å². The maximum Gasteiger partial charge on any atom is 0.140 e. The summed E-state index contributed by atoms with van der Waals surface area (Å²) in [5.41, 5.74) is 10.5. The first kappa shape index (κ1) is 12.8. The Bertz CT molecular complexity index is 523. The monoisotopic (exact) mass is 243 g/mol. The lowest BCUT2D eigenvalue weighted by molar-refractivity contribution is 0.805. The van der Waals surface area contributed by atoms with Crippen LogP contribution in [-0.2, 0) is 19.9 Å². The summed E-state index contributed by atoms with van der Waals surface area (Å²) < 4.78 is 2.16. The molecule has 0 atom stereocenters. The molecule has 0 radical (unpaired) electrons. The topological polar surface area (TPSA) is 43.8 Å². The number of aromatic nitrogens is 2. The van der Waals surface area contributed by atoms with E-state index in [1.54, 1.807) is 0 Å². The molecule has 1 aromatic carbocycles. The average Bonchev–Trinajstić information content (AvgIpc) is 2.67. The molecule has 0 aliphatic carbocycles. The molecule has 3 nitrogen and oxygen atoms in total. The van der Waals surface area contributed by atoms with E-state index in [0.29, 0.717) is 6.54 Å². The Kier molecular flexibility index (Phi) is 3.82. The summed E-state index contributed by atoms with van der Waals surface area (Å²) in [6, 6.07) is 8.63. The van der Waals surface area contributed by atoms with Gasteiger partial charge in [-0.05, 0) is 25.5 Å². The number of nitrogens with two attached hydrogens (primary N) is 1. The van der Waals surface area contributed by atoms with Gasteiger partial charge in [0.15, 0.2) is 0 Å². The summed E-state index contributed by atoms with van der Waals surface area (Å²) in [6.07, 6.45) is 1.95. The van der Waals surface area contributed by atoms with Gasteiger partial charge in [0.2, 0.25) is 0 Å². The van der Waals surface area contributed by atoms with E-state index in [1.807, 2.05) is 0 Å². The van der Waals surface area contributed by atoms with E-state index in [1.165, 1.54) is 16.8 Å². The normalized spacial score (nSPS) is 10.9. The molecule has 0 fully saturated rings. The van der Waals surface area contributed by atoms with Crippen LogP contribution in [0.5, 0.6) is 0 Å². The number of hydrogen-bond acceptors (Lipinski definition) is 2. The van der Waals surface area contributed by atoms with Crippen molar-refractivity contribution in [3.63, 3.8) is 0 Å². The predicted octanol–water partition coefficient (Wildman–Crippen LogP) is 2.46. The quantitative estimate of drug-likeness (QED) is 0.896. The summed E-state index contributed by atoms with van der Waals surface area (Å²) in [4.78, 5) is 4.66. The Morgan fingerprint density at radius 1 is 1.22 bits per heavy atom. The van der Waals surface area contributed by atoms with Gasteiger partial charge in [-0.25, -0.2) is 4.98 Å². The average molecular weight is 243 g/mol. The third kappa shape index (κ3) is 2.31. The molecule has 2 N–H and O–H groups in total. The first-order chi connectivity index (χ1) is 8.67. The van der Waals surface area contributed by atoms with E-state index in [4.69, 9.17) is 5.73 Å². The van der Waals surface area contributed by atoms with Crippen LogP contribution in [0.3, 0.4) is 0 Å². The van der Waals surface area contributed by atoms with Crippen LogP contribution < -0.4 is 5.73 Å². The van der Waals surface area contributed by atoms with Gasteiger partial charge in [0, 0.05) is 24.7 Å². The molecule has 1 heterocycles. The fraction of sp³-hybridized carbons (Fsp3) is 0.400. The molecule has 96 valence electrons. The number of rotatable bonds is 4. The van der Waals surface area contributed by atoms with Gasteiger partial charge in [-0.1, -0.05) is 31.2 Å². The fourth-order valence-corrected chi connectivity index (χ4v) is 2.30. The van der Waals surface area contributed by atoms with Crippen molar-refractivity contribution in [1.29, 1.82) is 0 Å². The Balaban J connectivity index is 2.40. The third-order valence-electron chi connectivity index (χ3n) is 3.42. The lowest BCUT2D eigenvalue weighted by atomic mass is 10.1. The zero-order valence-electron chi connectivity index (χ0n) is 11.4. The molecule has 0 spiro atoms.